The molecule has 5 heteroatoms. The summed E-state index contributed by atoms with van der Waals surface area (Å²) in [5.41, 5.74) is 5.42. The minimum absolute atomic E-state index is 0. The van der Waals surface area contributed by atoms with E-state index >= 15 is 0 Å². The highest BCUT2D eigenvalue weighted by Gasteiger charge is 2.27. The highest BCUT2D eigenvalue weighted by Crippen LogP contribution is 2.15. The van der Waals surface area contributed by atoms with Crippen LogP contribution in [-0.2, 0) is 4.79 Å². The molecule has 0 fully saturated rings. The van der Waals surface area contributed by atoms with Crippen LogP contribution in [0.1, 0.15) is 33.6 Å². The van der Waals surface area contributed by atoms with Crippen molar-refractivity contribution in [2.24, 2.45) is 11.7 Å². The van der Waals surface area contributed by atoms with Gasteiger partial charge in [0.1, 0.15) is 0 Å². The smallest absolute Gasteiger partial charge is 0.220 e. The Morgan fingerprint density at radius 3 is 2.44 bits per heavy atom. The SMILES string of the molecule is CSCCCC(=O)NC(C)(CN)C(C)C.Cl. The summed E-state index contributed by atoms with van der Waals surface area (Å²) in [6, 6.07) is 0. The second-order valence-corrected chi connectivity index (χ2v) is 5.41. The molecule has 0 bridgehead atoms. The fourth-order valence-electron chi connectivity index (χ4n) is 1.19. The molecule has 0 heterocycles. The van der Waals surface area contributed by atoms with Gasteiger partial charge < -0.3 is 11.1 Å². The van der Waals surface area contributed by atoms with E-state index in [4.69, 9.17) is 5.73 Å². The van der Waals surface area contributed by atoms with Gasteiger partial charge in [-0.25, -0.2) is 0 Å². The third-order valence-electron chi connectivity index (χ3n) is 2.88. The molecule has 0 aliphatic carbocycles. The van der Waals surface area contributed by atoms with Crippen LogP contribution in [0.25, 0.3) is 0 Å². The molecule has 16 heavy (non-hydrogen) atoms. The molecule has 0 aliphatic rings. The summed E-state index contributed by atoms with van der Waals surface area (Å²) in [6.45, 7) is 6.65. The fourth-order valence-corrected chi connectivity index (χ4v) is 1.62. The fraction of sp³-hybridized carbons (Fsp3) is 0.909. The van der Waals surface area contributed by atoms with E-state index in [0.29, 0.717) is 18.9 Å². The average Bonchev–Trinajstić information content (AvgIpc) is 2.17. The molecule has 0 saturated carbocycles. The maximum atomic E-state index is 11.6. The van der Waals surface area contributed by atoms with Gasteiger partial charge in [0.2, 0.25) is 5.91 Å². The van der Waals surface area contributed by atoms with Crippen LogP contribution in [0.5, 0.6) is 0 Å². The van der Waals surface area contributed by atoms with Crippen molar-refractivity contribution in [3.63, 3.8) is 0 Å². The van der Waals surface area contributed by atoms with E-state index in [1.807, 2.05) is 6.92 Å². The van der Waals surface area contributed by atoms with Gasteiger partial charge in [-0.1, -0.05) is 13.8 Å². The zero-order valence-corrected chi connectivity index (χ0v) is 12.3. The van der Waals surface area contributed by atoms with Gasteiger partial charge in [-0.15, -0.1) is 12.4 Å². The maximum Gasteiger partial charge on any atom is 0.220 e. The van der Waals surface area contributed by atoms with Crippen molar-refractivity contribution in [2.45, 2.75) is 39.2 Å². The van der Waals surface area contributed by atoms with Gasteiger partial charge in [0.25, 0.3) is 0 Å². The van der Waals surface area contributed by atoms with Gasteiger partial charge in [-0.05, 0) is 31.3 Å². The first-order valence-electron chi connectivity index (χ1n) is 5.46. The highest BCUT2D eigenvalue weighted by atomic mass is 35.5. The monoisotopic (exact) mass is 268 g/mol. The Bertz CT molecular complexity index is 202. The summed E-state index contributed by atoms with van der Waals surface area (Å²) in [4.78, 5) is 11.6. The number of hydrogen-bond acceptors (Lipinski definition) is 3. The number of nitrogens with two attached hydrogens (primary N) is 1. The molecular weight excluding hydrogens is 244 g/mol. The molecule has 0 aliphatic heterocycles. The second-order valence-electron chi connectivity index (χ2n) is 4.42. The normalized spacial score (nSPS) is 14.1. The average molecular weight is 269 g/mol. The quantitative estimate of drug-likeness (QED) is 0.695. The summed E-state index contributed by atoms with van der Waals surface area (Å²) in [5, 5.41) is 3.03. The van der Waals surface area contributed by atoms with E-state index in [2.05, 4.69) is 25.4 Å². The number of halogens is 1. The molecule has 0 aromatic carbocycles. The molecule has 3 N–H and O–H groups in total. The lowest BCUT2D eigenvalue weighted by molar-refractivity contribution is -0.123. The second kappa shape index (κ2) is 9.14. The van der Waals surface area contributed by atoms with Crippen LogP contribution in [0, 0.1) is 5.92 Å². The molecule has 0 saturated heterocycles. The van der Waals surface area contributed by atoms with Crippen LogP contribution < -0.4 is 11.1 Å². The Hall–Kier alpha value is 0.0700. The first-order chi connectivity index (χ1) is 6.96. The van der Waals surface area contributed by atoms with Gasteiger partial charge in [-0.3, -0.25) is 4.79 Å². The van der Waals surface area contributed by atoms with Crippen LogP contribution in [-0.4, -0.2) is 30.0 Å². The van der Waals surface area contributed by atoms with Crippen molar-refractivity contribution in [3.05, 3.63) is 0 Å². The van der Waals surface area contributed by atoms with Crippen molar-refractivity contribution < 1.29 is 4.79 Å². The first kappa shape index (κ1) is 18.4. The van der Waals surface area contributed by atoms with Gasteiger partial charge in [0.15, 0.2) is 0 Å². The van der Waals surface area contributed by atoms with Crippen LogP contribution in [0.4, 0.5) is 0 Å². The van der Waals surface area contributed by atoms with Crippen LogP contribution in [0.2, 0.25) is 0 Å². The third kappa shape index (κ3) is 6.61. The summed E-state index contributed by atoms with van der Waals surface area (Å²) in [7, 11) is 0. The summed E-state index contributed by atoms with van der Waals surface area (Å²) >= 11 is 1.77. The summed E-state index contributed by atoms with van der Waals surface area (Å²) in [5.74, 6) is 1.51. The standard InChI is InChI=1S/C11H24N2OS.ClH/c1-9(2)11(3,8-12)13-10(14)6-5-7-15-4;/h9H,5-8,12H2,1-4H3,(H,13,14);1H. The Morgan fingerprint density at radius 2 is 2.06 bits per heavy atom. The van der Waals surface area contributed by atoms with E-state index in [0.717, 1.165) is 12.2 Å². The number of thioether (sulfide) groups is 1. The summed E-state index contributed by atoms with van der Waals surface area (Å²) in [6.07, 6.45) is 3.59. The van der Waals surface area contributed by atoms with E-state index in [1.54, 1.807) is 11.8 Å². The van der Waals surface area contributed by atoms with E-state index in [1.165, 1.54) is 0 Å². The zero-order chi connectivity index (χ0) is 11.9. The number of nitrogens with one attached hydrogen (secondary N) is 1. The third-order valence-corrected chi connectivity index (χ3v) is 3.57. The summed E-state index contributed by atoms with van der Waals surface area (Å²) < 4.78 is 0. The molecule has 0 rings (SSSR count). The van der Waals surface area contributed by atoms with Gasteiger partial charge in [0, 0.05) is 13.0 Å². The lowest BCUT2D eigenvalue weighted by Gasteiger charge is -2.33. The predicted octanol–water partition coefficient (Wildman–Crippen LogP) is 2.04. The van der Waals surface area contributed by atoms with Crippen LogP contribution >= 0.6 is 24.2 Å². The Labute approximate surface area is 110 Å². The Kier molecular flexibility index (Phi) is 10.5. The van der Waals surface area contributed by atoms with Crippen molar-refractivity contribution >= 4 is 30.1 Å². The van der Waals surface area contributed by atoms with Gasteiger partial charge in [0.05, 0.1) is 5.54 Å². The van der Waals surface area contributed by atoms with E-state index < -0.39 is 0 Å². The highest BCUT2D eigenvalue weighted by molar-refractivity contribution is 7.98. The molecule has 1 atom stereocenters. The first-order valence-corrected chi connectivity index (χ1v) is 6.85. The molecule has 1 unspecified atom stereocenters. The lowest BCUT2D eigenvalue weighted by atomic mass is 9.88. The van der Waals surface area contributed by atoms with Crippen molar-refractivity contribution in [1.82, 2.24) is 5.32 Å². The molecule has 0 aromatic rings. The van der Waals surface area contributed by atoms with E-state index in [9.17, 15) is 4.79 Å². The topological polar surface area (TPSA) is 55.1 Å². The Balaban J connectivity index is 0. The molecule has 3 nitrogen and oxygen atoms in total. The lowest BCUT2D eigenvalue weighted by Crippen LogP contribution is -2.54. The number of amides is 1. The predicted molar refractivity (Wildman–Crippen MR) is 75.3 cm³/mol. The molecule has 0 aromatic heterocycles. The van der Waals surface area contributed by atoms with Crippen molar-refractivity contribution in [1.29, 1.82) is 0 Å². The molecule has 0 radical (unpaired) electrons. The number of carbonyl (C=O) groups is 1. The molecular formula is C11H25ClN2OS. The minimum Gasteiger partial charge on any atom is -0.349 e. The molecule has 0 spiro atoms. The number of rotatable bonds is 7. The largest absolute Gasteiger partial charge is 0.349 e. The van der Waals surface area contributed by atoms with Crippen LogP contribution in [0.15, 0.2) is 0 Å². The molecule has 98 valence electrons. The number of carbonyl (C=O) groups excluding carboxylic acids is 1. The number of hydrogen-bond donors (Lipinski definition) is 2. The van der Waals surface area contributed by atoms with E-state index in [-0.39, 0.29) is 23.9 Å². The zero-order valence-electron chi connectivity index (χ0n) is 10.7. The van der Waals surface area contributed by atoms with Crippen molar-refractivity contribution in [2.75, 3.05) is 18.6 Å². The van der Waals surface area contributed by atoms with Crippen molar-refractivity contribution in [3.8, 4) is 0 Å². The molecule has 1 amide bonds. The van der Waals surface area contributed by atoms with Crippen LogP contribution in [0.3, 0.4) is 0 Å². The maximum absolute atomic E-state index is 11.6. The Morgan fingerprint density at radius 1 is 1.50 bits per heavy atom. The van der Waals surface area contributed by atoms with Gasteiger partial charge in [-0.2, -0.15) is 11.8 Å². The minimum atomic E-state index is -0.267. The van der Waals surface area contributed by atoms with Gasteiger partial charge >= 0.3 is 0 Å².